The van der Waals surface area contributed by atoms with Crippen LogP contribution in [0, 0.1) is 11.6 Å². The van der Waals surface area contributed by atoms with E-state index in [-0.39, 0.29) is 5.91 Å². The molecule has 128 valence electrons. The standard InChI is InChI=1S/C20H18F2N2O/c21-17-8-3-6-14(19(17)22)5-1-2-11-24-20(25)16-9-10-18-15(13-16)7-4-12-23-18/h3-4,6-10,12-13H,1-2,5,11H2,(H,24,25). The van der Waals surface area contributed by atoms with Gasteiger partial charge in [0.2, 0.25) is 0 Å². The molecule has 5 heteroatoms. The summed E-state index contributed by atoms with van der Waals surface area (Å²) in [6.45, 7) is 0.487. The smallest absolute Gasteiger partial charge is 0.251 e. The van der Waals surface area contributed by atoms with Crippen LogP contribution in [0.3, 0.4) is 0 Å². The molecule has 1 aromatic heterocycles. The van der Waals surface area contributed by atoms with E-state index in [0.717, 1.165) is 17.0 Å². The van der Waals surface area contributed by atoms with Gasteiger partial charge in [0, 0.05) is 23.7 Å². The largest absolute Gasteiger partial charge is 0.352 e. The van der Waals surface area contributed by atoms with Gasteiger partial charge in [-0.1, -0.05) is 18.2 Å². The number of pyridine rings is 1. The first-order valence-electron chi connectivity index (χ1n) is 8.21. The van der Waals surface area contributed by atoms with Crippen molar-refractivity contribution in [2.75, 3.05) is 6.54 Å². The fourth-order valence-corrected chi connectivity index (χ4v) is 2.70. The molecule has 0 aliphatic heterocycles. The highest BCUT2D eigenvalue weighted by Crippen LogP contribution is 2.15. The van der Waals surface area contributed by atoms with E-state index >= 15 is 0 Å². The SMILES string of the molecule is O=C(NCCCCc1cccc(F)c1F)c1ccc2ncccc2c1. The topological polar surface area (TPSA) is 42.0 Å². The third-order valence-corrected chi connectivity index (χ3v) is 4.06. The summed E-state index contributed by atoms with van der Waals surface area (Å²) in [5, 5.41) is 3.76. The maximum absolute atomic E-state index is 13.5. The average molecular weight is 340 g/mol. The molecule has 0 aliphatic rings. The number of rotatable bonds is 6. The van der Waals surface area contributed by atoms with Crippen molar-refractivity contribution < 1.29 is 13.6 Å². The Labute approximate surface area is 144 Å². The van der Waals surface area contributed by atoms with Crippen LogP contribution in [-0.2, 0) is 6.42 Å². The molecule has 3 rings (SSSR count). The van der Waals surface area contributed by atoms with E-state index in [1.165, 1.54) is 6.07 Å². The number of unbranched alkanes of at least 4 members (excludes halogenated alkanes) is 1. The lowest BCUT2D eigenvalue weighted by Gasteiger charge is -2.07. The van der Waals surface area contributed by atoms with Crippen molar-refractivity contribution in [1.82, 2.24) is 10.3 Å². The number of hydrogen-bond donors (Lipinski definition) is 1. The molecular weight excluding hydrogens is 322 g/mol. The molecule has 0 saturated carbocycles. The Morgan fingerprint density at radius 1 is 1.04 bits per heavy atom. The van der Waals surface area contributed by atoms with Crippen LogP contribution in [0.5, 0.6) is 0 Å². The molecule has 3 nitrogen and oxygen atoms in total. The summed E-state index contributed by atoms with van der Waals surface area (Å²) in [4.78, 5) is 16.4. The summed E-state index contributed by atoms with van der Waals surface area (Å²) in [5.74, 6) is -1.75. The second-order valence-corrected chi connectivity index (χ2v) is 5.84. The minimum absolute atomic E-state index is 0.150. The van der Waals surface area contributed by atoms with E-state index in [1.54, 1.807) is 24.4 Å². The fourth-order valence-electron chi connectivity index (χ4n) is 2.70. The number of amides is 1. The Balaban J connectivity index is 1.48. The number of benzene rings is 2. The van der Waals surface area contributed by atoms with Crippen LogP contribution in [0.2, 0.25) is 0 Å². The van der Waals surface area contributed by atoms with E-state index in [2.05, 4.69) is 10.3 Å². The average Bonchev–Trinajstić information content (AvgIpc) is 2.64. The number of halogens is 2. The van der Waals surface area contributed by atoms with E-state index in [9.17, 15) is 13.6 Å². The number of aryl methyl sites for hydroxylation is 1. The first-order valence-corrected chi connectivity index (χ1v) is 8.21. The van der Waals surface area contributed by atoms with Crippen molar-refractivity contribution in [2.24, 2.45) is 0 Å². The lowest BCUT2D eigenvalue weighted by Crippen LogP contribution is -2.24. The highest BCUT2D eigenvalue weighted by atomic mass is 19.2. The highest BCUT2D eigenvalue weighted by Gasteiger charge is 2.08. The van der Waals surface area contributed by atoms with Gasteiger partial charge < -0.3 is 5.32 Å². The number of nitrogens with one attached hydrogen (secondary N) is 1. The number of carbonyl (C=O) groups is 1. The van der Waals surface area contributed by atoms with Crippen molar-refractivity contribution in [3.05, 3.63) is 77.5 Å². The second kappa shape index (κ2) is 7.83. The maximum atomic E-state index is 13.5. The zero-order valence-electron chi connectivity index (χ0n) is 13.6. The van der Waals surface area contributed by atoms with Crippen LogP contribution in [0.25, 0.3) is 10.9 Å². The van der Waals surface area contributed by atoms with E-state index in [0.29, 0.717) is 36.9 Å². The molecule has 2 aromatic carbocycles. The van der Waals surface area contributed by atoms with E-state index in [1.807, 2.05) is 18.2 Å². The van der Waals surface area contributed by atoms with Crippen molar-refractivity contribution in [2.45, 2.75) is 19.3 Å². The molecule has 0 unspecified atom stereocenters. The Morgan fingerprint density at radius 2 is 1.92 bits per heavy atom. The zero-order valence-corrected chi connectivity index (χ0v) is 13.6. The predicted octanol–water partition coefficient (Wildman–Crippen LogP) is 4.27. The summed E-state index contributed by atoms with van der Waals surface area (Å²) in [6, 6.07) is 13.3. The molecule has 0 spiro atoms. The van der Waals surface area contributed by atoms with Gasteiger partial charge in [-0.05, 0) is 55.2 Å². The molecule has 1 amide bonds. The van der Waals surface area contributed by atoms with Crippen LogP contribution in [0.4, 0.5) is 8.78 Å². The Kier molecular flexibility index (Phi) is 5.33. The Bertz CT molecular complexity index is 896. The van der Waals surface area contributed by atoms with Gasteiger partial charge in [0.1, 0.15) is 0 Å². The Hall–Kier alpha value is -2.82. The minimum atomic E-state index is -0.823. The van der Waals surface area contributed by atoms with E-state index < -0.39 is 11.6 Å². The first-order chi connectivity index (χ1) is 12.1. The summed E-state index contributed by atoms with van der Waals surface area (Å²) >= 11 is 0. The maximum Gasteiger partial charge on any atom is 0.251 e. The zero-order chi connectivity index (χ0) is 17.6. The lowest BCUT2D eigenvalue weighted by molar-refractivity contribution is 0.0953. The summed E-state index contributed by atoms with van der Waals surface area (Å²) in [5.41, 5.74) is 1.79. The molecule has 25 heavy (non-hydrogen) atoms. The fraction of sp³-hybridized carbons (Fsp3) is 0.200. The van der Waals surface area contributed by atoms with Crippen LogP contribution >= 0.6 is 0 Å². The van der Waals surface area contributed by atoms with Gasteiger partial charge in [-0.3, -0.25) is 9.78 Å². The van der Waals surface area contributed by atoms with Gasteiger partial charge >= 0.3 is 0 Å². The highest BCUT2D eigenvalue weighted by molar-refractivity contribution is 5.97. The molecule has 1 N–H and O–H groups in total. The van der Waals surface area contributed by atoms with E-state index in [4.69, 9.17) is 0 Å². The summed E-state index contributed by atoms with van der Waals surface area (Å²) in [6.07, 6.45) is 3.52. The molecule has 0 atom stereocenters. The van der Waals surface area contributed by atoms with Gasteiger partial charge in [-0.15, -0.1) is 0 Å². The van der Waals surface area contributed by atoms with Gasteiger partial charge in [-0.2, -0.15) is 0 Å². The summed E-state index contributed by atoms with van der Waals surface area (Å²) < 4.78 is 26.7. The normalized spacial score (nSPS) is 10.8. The molecule has 0 saturated heterocycles. The molecule has 3 aromatic rings. The number of hydrogen-bond acceptors (Lipinski definition) is 2. The molecule has 0 bridgehead atoms. The second-order valence-electron chi connectivity index (χ2n) is 5.84. The van der Waals surface area contributed by atoms with Crippen LogP contribution in [0.1, 0.15) is 28.8 Å². The monoisotopic (exact) mass is 340 g/mol. The molecule has 0 radical (unpaired) electrons. The number of carbonyl (C=O) groups excluding carboxylic acids is 1. The molecule has 0 aliphatic carbocycles. The summed E-state index contributed by atoms with van der Waals surface area (Å²) in [7, 11) is 0. The number of fused-ring (bicyclic) bond motifs is 1. The minimum Gasteiger partial charge on any atom is -0.352 e. The van der Waals surface area contributed by atoms with Gasteiger partial charge in [-0.25, -0.2) is 8.78 Å². The van der Waals surface area contributed by atoms with Crippen molar-refractivity contribution in [1.29, 1.82) is 0 Å². The predicted molar refractivity (Wildman–Crippen MR) is 93.4 cm³/mol. The van der Waals surface area contributed by atoms with Crippen molar-refractivity contribution in [3.8, 4) is 0 Å². The van der Waals surface area contributed by atoms with Crippen molar-refractivity contribution >= 4 is 16.8 Å². The first kappa shape index (κ1) is 17.0. The third-order valence-electron chi connectivity index (χ3n) is 4.06. The molecule has 0 fully saturated rings. The molecule has 1 heterocycles. The number of nitrogens with zero attached hydrogens (tertiary/aromatic N) is 1. The van der Waals surface area contributed by atoms with Gasteiger partial charge in [0.15, 0.2) is 11.6 Å². The quantitative estimate of drug-likeness (QED) is 0.681. The van der Waals surface area contributed by atoms with Crippen LogP contribution in [-0.4, -0.2) is 17.4 Å². The third kappa shape index (κ3) is 4.18. The van der Waals surface area contributed by atoms with Gasteiger partial charge in [0.05, 0.1) is 5.52 Å². The lowest BCUT2D eigenvalue weighted by atomic mass is 10.1. The van der Waals surface area contributed by atoms with Crippen LogP contribution in [0.15, 0.2) is 54.7 Å². The van der Waals surface area contributed by atoms with Crippen LogP contribution < -0.4 is 5.32 Å². The number of aromatic nitrogens is 1. The molecular formula is C20H18F2N2O. The van der Waals surface area contributed by atoms with Gasteiger partial charge in [0.25, 0.3) is 5.91 Å². The Morgan fingerprint density at radius 3 is 2.80 bits per heavy atom. The van der Waals surface area contributed by atoms with Crippen molar-refractivity contribution in [3.63, 3.8) is 0 Å².